The molecule has 4 heteroatoms. The summed E-state index contributed by atoms with van der Waals surface area (Å²) >= 11 is 0. The fourth-order valence-electron chi connectivity index (χ4n) is 11.8. The Morgan fingerprint density at radius 1 is 0.824 bits per heavy atom. The van der Waals surface area contributed by atoms with Crippen molar-refractivity contribution in [2.75, 3.05) is 0 Å². The van der Waals surface area contributed by atoms with Gasteiger partial charge in [0.1, 0.15) is 6.10 Å². The van der Waals surface area contributed by atoms with Crippen molar-refractivity contribution in [1.82, 2.24) is 0 Å². The lowest BCUT2D eigenvalue weighted by atomic mass is 9.31. The van der Waals surface area contributed by atoms with Crippen LogP contribution in [0.25, 0.3) is 0 Å². The second-order valence-corrected chi connectivity index (χ2v) is 15.4. The zero-order valence-electron chi connectivity index (χ0n) is 22.7. The Bertz CT molecular complexity index is 953. The average Bonchev–Trinajstić information content (AvgIpc) is 3.01. The topological polar surface area (TPSA) is 58.9 Å². The van der Waals surface area contributed by atoms with Crippen LogP contribution >= 0.6 is 0 Å². The van der Waals surface area contributed by atoms with Crippen molar-refractivity contribution >= 4 is 11.7 Å². The monoisotopic (exact) mass is 469 g/mol. The number of ether oxygens (including phenoxy) is 1. The highest BCUT2D eigenvalue weighted by Crippen LogP contribution is 2.78. The minimum absolute atomic E-state index is 0.0375. The third-order valence-corrected chi connectivity index (χ3v) is 14.0. The smallest absolute Gasteiger partial charge is 0.312 e. The molecule has 5 aliphatic carbocycles. The van der Waals surface area contributed by atoms with E-state index < -0.39 is 0 Å². The molecular weight excluding hydrogens is 422 g/mol. The van der Waals surface area contributed by atoms with Crippen LogP contribution in [-0.4, -0.2) is 23.0 Å². The molecule has 0 unspecified atom stereocenters. The number of hydrogen-bond acceptors (Lipinski definition) is 4. The summed E-state index contributed by atoms with van der Waals surface area (Å²) in [5.41, 5.74) is 1.69. The molecule has 9 atom stereocenters. The SMILES string of the molecule is CC1(C)CC[C@@]23CC[C@]4(C)[C@H](CC[C@@H]5[C@@]6(C)CC/C(=N/O)C(C)(C)[C@H]6CC[C@]54C)[C@H]2[C@H]1OC3=O. The van der Waals surface area contributed by atoms with Crippen molar-refractivity contribution < 1.29 is 14.7 Å². The maximum atomic E-state index is 13.4. The largest absolute Gasteiger partial charge is 0.461 e. The van der Waals surface area contributed by atoms with Crippen LogP contribution in [0.4, 0.5) is 0 Å². The first-order valence-corrected chi connectivity index (χ1v) is 14.2. The number of nitrogens with zero attached hydrogens (tertiary/aromatic N) is 1. The van der Waals surface area contributed by atoms with Crippen LogP contribution in [-0.2, 0) is 9.53 Å². The third kappa shape index (κ3) is 2.43. The normalized spacial score (nSPS) is 56.0. The van der Waals surface area contributed by atoms with Gasteiger partial charge in [0.2, 0.25) is 0 Å². The molecule has 1 N–H and O–H groups in total. The van der Waals surface area contributed by atoms with E-state index in [4.69, 9.17) is 4.74 Å². The van der Waals surface area contributed by atoms with E-state index in [1.165, 1.54) is 32.1 Å². The molecule has 0 aromatic rings. The highest BCUT2D eigenvalue weighted by molar-refractivity contribution is 5.90. The third-order valence-electron chi connectivity index (χ3n) is 14.0. The molecule has 4 nitrogen and oxygen atoms in total. The van der Waals surface area contributed by atoms with Gasteiger partial charge in [-0.1, -0.05) is 53.6 Å². The Balaban J connectivity index is 1.41. The molecular formula is C30H47NO3. The lowest BCUT2D eigenvalue weighted by Crippen LogP contribution is -2.67. The van der Waals surface area contributed by atoms with Gasteiger partial charge in [0, 0.05) is 16.7 Å². The van der Waals surface area contributed by atoms with Gasteiger partial charge >= 0.3 is 5.97 Å². The van der Waals surface area contributed by atoms with E-state index in [-0.39, 0.29) is 44.6 Å². The number of esters is 1. The molecule has 6 fully saturated rings. The van der Waals surface area contributed by atoms with Crippen LogP contribution in [0.2, 0.25) is 0 Å². The van der Waals surface area contributed by atoms with Crippen molar-refractivity contribution in [3.63, 3.8) is 0 Å². The zero-order chi connectivity index (χ0) is 24.5. The van der Waals surface area contributed by atoms with E-state index in [1.54, 1.807) is 0 Å². The van der Waals surface area contributed by atoms with E-state index in [0.29, 0.717) is 23.7 Å². The molecule has 1 aliphatic heterocycles. The molecule has 6 rings (SSSR count). The lowest BCUT2D eigenvalue weighted by molar-refractivity contribution is -0.235. The first-order chi connectivity index (χ1) is 15.8. The summed E-state index contributed by atoms with van der Waals surface area (Å²) in [6, 6.07) is 0. The van der Waals surface area contributed by atoms with E-state index >= 15 is 0 Å². The Morgan fingerprint density at radius 2 is 1.53 bits per heavy atom. The van der Waals surface area contributed by atoms with Gasteiger partial charge in [0.15, 0.2) is 0 Å². The molecule has 190 valence electrons. The molecule has 5 saturated carbocycles. The molecule has 0 aromatic heterocycles. The lowest BCUT2D eigenvalue weighted by Gasteiger charge is -2.72. The minimum Gasteiger partial charge on any atom is -0.461 e. The highest BCUT2D eigenvalue weighted by atomic mass is 16.6. The van der Waals surface area contributed by atoms with Crippen LogP contribution in [0.1, 0.15) is 113 Å². The van der Waals surface area contributed by atoms with Crippen LogP contribution < -0.4 is 0 Å². The molecule has 6 aliphatic rings. The van der Waals surface area contributed by atoms with Gasteiger partial charge in [-0.3, -0.25) is 4.79 Å². The van der Waals surface area contributed by atoms with Gasteiger partial charge in [-0.05, 0) is 98.2 Å². The van der Waals surface area contributed by atoms with Crippen LogP contribution in [0.3, 0.4) is 0 Å². The standard InChI is InChI=1S/C30H47NO3/c1-25(2)14-16-30-17-15-28(6)18(22(30)23(25)34-24(30)32)8-9-20-27(5)12-11-21(31-33)26(3,4)19(27)10-13-29(20,28)7/h18-20,22-23,33H,8-17H2,1-7H3/b31-21-/t18-,19-,20-,22+,23-,27+,28-,29-,30-/m1/s1. The summed E-state index contributed by atoms with van der Waals surface area (Å²) < 4.78 is 6.28. The minimum atomic E-state index is -0.200. The highest BCUT2D eigenvalue weighted by Gasteiger charge is 2.75. The van der Waals surface area contributed by atoms with Crippen LogP contribution in [0.5, 0.6) is 0 Å². The average molecular weight is 470 g/mol. The molecule has 2 bridgehead atoms. The maximum absolute atomic E-state index is 13.4. The van der Waals surface area contributed by atoms with Crippen molar-refractivity contribution in [3.8, 4) is 0 Å². The van der Waals surface area contributed by atoms with E-state index in [9.17, 15) is 10.0 Å². The second-order valence-electron chi connectivity index (χ2n) is 15.4. The zero-order valence-corrected chi connectivity index (χ0v) is 22.7. The van der Waals surface area contributed by atoms with Crippen molar-refractivity contribution in [2.45, 2.75) is 119 Å². The quantitative estimate of drug-likeness (QED) is 0.231. The van der Waals surface area contributed by atoms with Gasteiger partial charge in [-0.2, -0.15) is 0 Å². The maximum Gasteiger partial charge on any atom is 0.312 e. The number of rotatable bonds is 0. The molecule has 1 saturated heterocycles. The van der Waals surface area contributed by atoms with Gasteiger partial charge in [-0.25, -0.2) is 0 Å². The first kappa shape index (κ1) is 23.3. The van der Waals surface area contributed by atoms with E-state index in [0.717, 1.165) is 37.8 Å². The Morgan fingerprint density at radius 3 is 2.24 bits per heavy atom. The summed E-state index contributed by atoms with van der Waals surface area (Å²) in [7, 11) is 0. The fourth-order valence-corrected chi connectivity index (χ4v) is 11.8. The molecule has 34 heavy (non-hydrogen) atoms. The predicted molar refractivity (Wildman–Crippen MR) is 134 cm³/mol. The van der Waals surface area contributed by atoms with Crippen molar-refractivity contribution in [3.05, 3.63) is 0 Å². The van der Waals surface area contributed by atoms with Gasteiger partial charge in [0.25, 0.3) is 0 Å². The number of carbonyl (C=O) groups excluding carboxylic acids is 1. The van der Waals surface area contributed by atoms with Crippen LogP contribution in [0.15, 0.2) is 5.16 Å². The number of carbonyl (C=O) groups is 1. The summed E-state index contributed by atoms with van der Waals surface area (Å²) in [4.78, 5) is 13.4. The molecule has 0 spiro atoms. The first-order valence-electron chi connectivity index (χ1n) is 14.2. The Labute approximate surface area is 206 Å². The van der Waals surface area contributed by atoms with Gasteiger partial charge < -0.3 is 9.94 Å². The summed E-state index contributed by atoms with van der Waals surface area (Å²) in [6.07, 6.45) is 11.5. The molecule has 1 heterocycles. The summed E-state index contributed by atoms with van der Waals surface area (Å²) in [5.74, 6) is 2.40. The Kier molecular flexibility index (Phi) is 4.55. The van der Waals surface area contributed by atoms with Crippen LogP contribution in [0, 0.1) is 56.2 Å². The summed E-state index contributed by atoms with van der Waals surface area (Å²) in [5, 5.41) is 13.5. The number of fused-ring (bicyclic) bond motifs is 5. The van der Waals surface area contributed by atoms with Gasteiger partial charge in [-0.15, -0.1) is 0 Å². The molecule has 0 aromatic carbocycles. The second kappa shape index (κ2) is 6.62. The van der Waals surface area contributed by atoms with Crippen molar-refractivity contribution in [2.24, 2.45) is 61.3 Å². The number of hydrogen-bond donors (Lipinski definition) is 1. The predicted octanol–water partition coefficient (Wildman–Crippen LogP) is 7.23. The fraction of sp³-hybridized carbons (Fsp3) is 0.933. The van der Waals surface area contributed by atoms with Gasteiger partial charge in [0.05, 0.1) is 11.1 Å². The Hall–Kier alpha value is -1.06. The van der Waals surface area contributed by atoms with E-state index in [1.807, 2.05) is 0 Å². The van der Waals surface area contributed by atoms with Crippen molar-refractivity contribution in [1.29, 1.82) is 0 Å². The molecule has 0 radical (unpaired) electrons. The number of oxime groups is 1. The molecule has 0 amide bonds. The summed E-state index contributed by atoms with van der Waals surface area (Å²) in [6.45, 7) is 17.2. The van der Waals surface area contributed by atoms with E-state index in [2.05, 4.69) is 53.6 Å².